The number of anilines is 2. The molecular formula is C20H28N4O2. The molecule has 0 spiro atoms. The Hall–Kier alpha value is -2.89. The van der Waals surface area contributed by atoms with Gasteiger partial charge in [0.05, 0.1) is 20.8 Å². The molecule has 140 valence electrons. The number of nitrogens with two attached hydrogens (primary N) is 1. The molecular weight excluding hydrogens is 328 g/mol. The number of hydrogen-bond donors (Lipinski definition) is 2. The fourth-order valence-electron chi connectivity index (χ4n) is 2.76. The maximum Gasteiger partial charge on any atom is 0.193 e. The number of nitrogens with one attached hydrogen (secondary N) is 1. The van der Waals surface area contributed by atoms with E-state index in [1.165, 1.54) is 11.3 Å². The quantitative estimate of drug-likeness (QED) is 0.561. The summed E-state index contributed by atoms with van der Waals surface area (Å²) < 4.78 is 10.5. The van der Waals surface area contributed by atoms with Crippen LogP contribution in [0.4, 0.5) is 11.4 Å². The van der Waals surface area contributed by atoms with Crippen LogP contribution in [0.3, 0.4) is 0 Å². The first-order valence-corrected chi connectivity index (χ1v) is 8.68. The summed E-state index contributed by atoms with van der Waals surface area (Å²) in [6.07, 6.45) is 0. The number of benzene rings is 2. The number of aliphatic imine (C=N–C) groups is 1. The van der Waals surface area contributed by atoms with Crippen LogP contribution in [0, 0.1) is 6.92 Å². The third-order valence-electron chi connectivity index (χ3n) is 4.15. The van der Waals surface area contributed by atoms with Crippen molar-refractivity contribution in [3.63, 3.8) is 0 Å². The second-order valence-corrected chi connectivity index (χ2v) is 5.83. The Kier molecular flexibility index (Phi) is 7.14. The van der Waals surface area contributed by atoms with E-state index in [9.17, 15) is 0 Å². The lowest BCUT2D eigenvalue weighted by Crippen LogP contribution is -2.29. The minimum atomic E-state index is 0.373. The zero-order chi connectivity index (χ0) is 18.9. The molecule has 26 heavy (non-hydrogen) atoms. The minimum Gasteiger partial charge on any atom is -0.493 e. The van der Waals surface area contributed by atoms with E-state index in [2.05, 4.69) is 53.3 Å². The van der Waals surface area contributed by atoms with E-state index in [0.717, 1.165) is 18.8 Å². The van der Waals surface area contributed by atoms with Gasteiger partial charge in [-0.05, 0) is 37.6 Å². The molecule has 0 fully saturated rings. The average molecular weight is 356 g/mol. The van der Waals surface area contributed by atoms with E-state index in [4.69, 9.17) is 15.2 Å². The highest BCUT2D eigenvalue weighted by Crippen LogP contribution is 2.29. The number of methoxy groups -OCH3 is 2. The third kappa shape index (κ3) is 5.05. The summed E-state index contributed by atoms with van der Waals surface area (Å²) in [4.78, 5) is 6.72. The van der Waals surface area contributed by atoms with Gasteiger partial charge in [0.2, 0.25) is 0 Å². The van der Waals surface area contributed by atoms with Crippen LogP contribution in [0.2, 0.25) is 0 Å². The van der Waals surface area contributed by atoms with Crippen molar-refractivity contribution in [2.45, 2.75) is 13.8 Å². The Morgan fingerprint density at radius 3 is 2.50 bits per heavy atom. The van der Waals surface area contributed by atoms with Gasteiger partial charge in [-0.2, -0.15) is 0 Å². The monoisotopic (exact) mass is 356 g/mol. The van der Waals surface area contributed by atoms with Crippen LogP contribution in [-0.2, 0) is 0 Å². The van der Waals surface area contributed by atoms with Crippen LogP contribution < -0.4 is 25.4 Å². The summed E-state index contributed by atoms with van der Waals surface area (Å²) in [6.45, 7) is 6.59. The van der Waals surface area contributed by atoms with E-state index >= 15 is 0 Å². The number of guanidine groups is 1. The molecule has 0 radical (unpaired) electrons. The zero-order valence-corrected chi connectivity index (χ0v) is 16.0. The van der Waals surface area contributed by atoms with Gasteiger partial charge >= 0.3 is 0 Å². The standard InChI is InChI=1S/C20H28N4O2/c1-5-24(17-9-7-6-8-15(17)2)13-12-22-20(21)23-16-10-11-18(25-3)19(14-16)26-4/h6-11,14H,5,12-13H2,1-4H3,(H3,21,22,23). The topological polar surface area (TPSA) is 72.1 Å². The number of hydrogen-bond acceptors (Lipinski definition) is 4. The van der Waals surface area contributed by atoms with Crippen LogP contribution >= 0.6 is 0 Å². The van der Waals surface area contributed by atoms with Crippen molar-refractivity contribution >= 4 is 17.3 Å². The number of rotatable bonds is 8. The molecule has 0 atom stereocenters. The molecule has 6 nitrogen and oxygen atoms in total. The van der Waals surface area contributed by atoms with Gasteiger partial charge in [0.1, 0.15) is 0 Å². The number of para-hydroxylation sites is 1. The minimum absolute atomic E-state index is 0.373. The molecule has 2 aromatic rings. The van der Waals surface area contributed by atoms with Crippen molar-refractivity contribution in [1.82, 2.24) is 0 Å². The second-order valence-electron chi connectivity index (χ2n) is 5.83. The van der Waals surface area contributed by atoms with Gasteiger partial charge in [0.25, 0.3) is 0 Å². The Labute approximate surface area is 155 Å². The lowest BCUT2D eigenvalue weighted by atomic mass is 10.2. The van der Waals surface area contributed by atoms with Crippen molar-refractivity contribution < 1.29 is 9.47 Å². The van der Waals surface area contributed by atoms with Crippen molar-refractivity contribution in [1.29, 1.82) is 0 Å². The summed E-state index contributed by atoms with van der Waals surface area (Å²) in [5.41, 5.74) is 9.31. The summed E-state index contributed by atoms with van der Waals surface area (Å²) in [6, 6.07) is 13.9. The summed E-state index contributed by atoms with van der Waals surface area (Å²) in [5.74, 6) is 1.69. The van der Waals surface area contributed by atoms with Gasteiger partial charge in [0.15, 0.2) is 17.5 Å². The Bertz CT molecular complexity index is 746. The van der Waals surface area contributed by atoms with Crippen molar-refractivity contribution in [3.05, 3.63) is 48.0 Å². The first kappa shape index (κ1) is 19.4. The molecule has 0 saturated heterocycles. The van der Waals surface area contributed by atoms with Crippen molar-refractivity contribution in [2.24, 2.45) is 10.7 Å². The van der Waals surface area contributed by atoms with Crippen LogP contribution in [0.1, 0.15) is 12.5 Å². The van der Waals surface area contributed by atoms with Gasteiger partial charge in [-0.15, -0.1) is 0 Å². The predicted octanol–water partition coefficient (Wildman–Crippen LogP) is 3.27. The summed E-state index contributed by atoms with van der Waals surface area (Å²) in [7, 11) is 3.21. The molecule has 0 aliphatic carbocycles. The fourth-order valence-corrected chi connectivity index (χ4v) is 2.76. The van der Waals surface area contributed by atoms with E-state index < -0.39 is 0 Å². The number of aryl methyl sites for hydroxylation is 1. The average Bonchev–Trinajstić information content (AvgIpc) is 2.66. The molecule has 0 amide bonds. The number of ether oxygens (including phenoxy) is 2. The lowest BCUT2D eigenvalue weighted by Gasteiger charge is -2.24. The summed E-state index contributed by atoms with van der Waals surface area (Å²) in [5, 5.41) is 3.08. The molecule has 0 bridgehead atoms. The number of likely N-dealkylation sites (N-methyl/N-ethyl adjacent to an activating group) is 1. The molecule has 2 rings (SSSR count). The fraction of sp³-hybridized carbons (Fsp3) is 0.350. The van der Waals surface area contributed by atoms with Gasteiger partial charge < -0.3 is 25.4 Å². The molecule has 6 heteroatoms. The smallest absolute Gasteiger partial charge is 0.193 e. The molecule has 0 aliphatic heterocycles. The van der Waals surface area contributed by atoms with Crippen LogP contribution in [0.25, 0.3) is 0 Å². The van der Waals surface area contributed by atoms with Gasteiger partial charge in [0, 0.05) is 30.5 Å². The molecule has 3 N–H and O–H groups in total. The van der Waals surface area contributed by atoms with Crippen molar-refractivity contribution in [2.75, 3.05) is 44.1 Å². The van der Waals surface area contributed by atoms with Gasteiger partial charge in [-0.25, -0.2) is 0 Å². The van der Waals surface area contributed by atoms with Crippen LogP contribution in [0.15, 0.2) is 47.5 Å². The predicted molar refractivity (Wildman–Crippen MR) is 109 cm³/mol. The normalized spacial score (nSPS) is 11.2. The molecule has 0 heterocycles. The van der Waals surface area contributed by atoms with E-state index in [-0.39, 0.29) is 0 Å². The zero-order valence-electron chi connectivity index (χ0n) is 16.0. The molecule has 0 aromatic heterocycles. The highest BCUT2D eigenvalue weighted by Gasteiger charge is 2.07. The highest BCUT2D eigenvalue weighted by molar-refractivity contribution is 5.92. The molecule has 0 saturated carbocycles. The SMILES string of the molecule is CCN(CCN=C(N)Nc1ccc(OC)c(OC)c1)c1ccccc1C. The molecule has 0 aliphatic rings. The maximum absolute atomic E-state index is 6.01. The lowest BCUT2D eigenvalue weighted by molar-refractivity contribution is 0.355. The molecule has 0 unspecified atom stereocenters. The van der Waals surface area contributed by atoms with Crippen LogP contribution in [-0.4, -0.2) is 39.8 Å². The second kappa shape index (κ2) is 9.56. The van der Waals surface area contributed by atoms with E-state index in [0.29, 0.717) is 24.0 Å². The first-order chi connectivity index (χ1) is 12.6. The third-order valence-corrected chi connectivity index (χ3v) is 4.15. The van der Waals surface area contributed by atoms with Crippen LogP contribution in [0.5, 0.6) is 11.5 Å². The van der Waals surface area contributed by atoms with Gasteiger partial charge in [-0.1, -0.05) is 18.2 Å². The van der Waals surface area contributed by atoms with Crippen molar-refractivity contribution in [3.8, 4) is 11.5 Å². The summed E-state index contributed by atoms with van der Waals surface area (Å²) >= 11 is 0. The Morgan fingerprint density at radius 2 is 1.85 bits per heavy atom. The Balaban J connectivity index is 1.96. The Morgan fingerprint density at radius 1 is 1.12 bits per heavy atom. The van der Waals surface area contributed by atoms with E-state index in [1.54, 1.807) is 14.2 Å². The highest BCUT2D eigenvalue weighted by atomic mass is 16.5. The largest absolute Gasteiger partial charge is 0.493 e. The van der Waals surface area contributed by atoms with Gasteiger partial charge in [-0.3, -0.25) is 4.99 Å². The maximum atomic E-state index is 6.01. The van der Waals surface area contributed by atoms with E-state index in [1.807, 2.05) is 18.2 Å². The number of nitrogens with zero attached hydrogens (tertiary/aromatic N) is 2. The first-order valence-electron chi connectivity index (χ1n) is 8.68. The molecule has 2 aromatic carbocycles.